The van der Waals surface area contributed by atoms with Gasteiger partial charge in [-0.25, -0.2) is 9.37 Å². The smallest absolute Gasteiger partial charge is 0.275 e. The van der Waals surface area contributed by atoms with Gasteiger partial charge in [-0.3, -0.25) is 14.8 Å². The molecule has 0 unspecified atom stereocenters. The van der Waals surface area contributed by atoms with Gasteiger partial charge in [-0.1, -0.05) is 17.4 Å². The van der Waals surface area contributed by atoms with Crippen LogP contribution in [0.5, 0.6) is 0 Å². The summed E-state index contributed by atoms with van der Waals surface area (Å²) in [4.78, 5) is 16.4. The molecule has 2 aromatic heterocycles. The summed E-state index contributed by atoms with van der Waals surface area (Å²) in [5.41, 5.74) is 1.52. The van der Waals surface area contributed by atoms with Gasteiger partial charge in [-0.05, 0) is 32.0 Å². The summed E-state index contributed by atoms with van der Waals surface area (Å²) in [6.45, 7) is 4.34. The van der Waals surface area contributed by atoms with E-state index < -0.39 is 5.82 Å². The van der Waals surface area contributed by atoms with E-state index in [4.69, 9.17) is 0 Å². The minimum absolute atomic E-state index is 0.276. The number of fused-ring (bicyclic) bond motifs is 1. The molecule has 0 aliphatic carbocycles. The predicted molar refractivity (Wildman–Crippen MR) is 80.2 cm³/mol. The summed E-state index contributed by atoms with van der Waals surface area (Å²) in [5, 5.41) is 7.31. The van der Waals surface area contributed by atoms with E-state index in [-0.39, 0.29) is 11.4 Å². The third-order valence-electron chi connectivity index (χ3n) is 3.02. The lowest BCUT2D eigenvalue weighted by Gasteiger charge is -2.03. The minimum atomic E-state index is -0.390. The molecule has 1 amide bonds. The van der Waals surface area contributed by atoms with Crippen LogP contribution in [0, 0.1) is 12.7 Å². The molecule has 3 rings (SSSR count). The van der Waals surface area contributed by atoms with Gasteiger partial charge in [0.2, 0.25) is 0 Å². The zero-order valence-corrected chi connectivity index (χ0v) is 12.4. The number of hydrogen-bond donors (Lipinski definition) is 1. The molecular weight excluding hydrogens is 291 g/mol. The van der Waals surface area contributed by atoms with Crippen molar-refractivity contribution in [3.05, 3.63) is 41.5 Å². The van der Waals surface area contributed by atoms with Crippen LogP contribution in [0.3, 0.4) is 0 Å². The summed E-state index contributed by atoms with van der Waals surface area (Å²) >= 11 is 1.24. The summed E-state index contributed by atoms with van der Waals surface area (Å²) in [6.07, 6.45) is 0. The maximum atomic E-state index is 13.6. The summed E-state index contributed by atoms with van der Waals surface area (Å²) in [7, 11) is 0. The Morgan fingerprint density at radius 1 is 1.48 bits per heavy atom. The van der Waals surface area contributed by atoms with Gasteiger partial charge in [0.1, 0.15) is 17.0 Å². The predicted octanol–water partition coefficient (Wildman–Crippen LogP) is 3.21. The van der Waals surface area contributed by atoms with Gasteiger partial charge in [-0.2, -0.15) is 5.10 Å². The number of anilines is 1. The van der Waals surface area contributed by atoms with E-state index in [9.17, 15) is 9.18 Å². The molecule has 5 nitrogen and oxygen atoms in total. The second-order valence-electron chi connectivity index (χ2n) is 4.55. The van der Waals surface area contributed by atoms with Gasteiger partial charge < -0.3 is 0 Å². The molecule has 0 fully saturated rings. The Kier molecular flexibility index (Phi) is 3.42. The van der Waals surface area contributed by atoms with Crippen LogP contribution in [0.1, 0.15) is 23.1 Å². The fourth-order valence-electron chi connectivity index (χ4n) is 2.10. The maximum absolute atomic E-state index is 13.6. The zero-order valence-electron chi connectivity index (χ0n) is 11.6. The average Bonchev–Trinajstić information content (AvgIpc) is 3.02. The number of thiazole rings is 1. The highest BCUT2D eigenvalue weighted by Crippen LogP contribution is 2.27. The second-order valence-corrected chi connectivity index (χ2v) is 5.58. The number of nitrogens with one attached hydrogen (secondary N) is 1. The monoisotopic (exact) mass is 304 g/mol. The highest BCUT2D eigenvalue weighted by atomic mass is 32.1. The number of para-hydroxylation sites is 1. The van der Waals surface area contributed by atoms with E-state index >= 15 is 0 Å². The number of benzene rings is 1. The van der Waals surface area contributed by atoms with Crippen LogP contribution in [0.2, 0.25) is 0 Å². The summed E-state index contributed by atoms with van der Waals surface area (Å²) in [5.74, 6) is -0.685. The Balaban J connectivity index is 1.91. The molecule has 21 heavy (non-hydrogen) atoms. The number of carbonyl (C=O) groups excluding carboxylic acids is 1. The maximum Gasteiger partial charge on any atom is 0.275 e. The van der Waals surface area contributed by atoms with Crippen molar-refractivity contribution in [2.75, 3.05) is 5.32 Å². The fourth-order valence-corrected chi connectivity index (χ4v) is 2.97. The number of aryl methyl sites for hydroxylation is 2. The Labute approximate surface area is 124 Å². The molecule has 0 saturated carbocycles. The molecule has 3 aromatic rings. The zero-order chi connectivity index (χ0) is 15.0. The molecule has 0 spiro atoms. The van der Waals surface area contributed by atoms with Crippen molar-refractivity contribution in [1.29, 1.82) is 0 Å². The molecule has 2 heterocycles. The Hall–Kier alpha value is -2.28. The number of carbonyl (C=O) groups is 1. The number of nitrogens with zero attached hydrogens (tertiary/aromatic N) is 3. The summed E-state index contributed by atoms with van der Waals surface area (Å²) < 4.78 is 15.9. The van der Waals surface area contributed by atoms with Crippen molar-refractivity contribution in [1.82, 2.24) is 14.8 Å². The third kappa shape index (κ3) is 2.52. The molecule has 1 aromatic carbocycles. The van der Waals surface area contributed by atoms with Gasteiger partial charge >= 0.3 is 0 Å². The quantitative estimate of drug-likeness (QED) is 0.808. The van der Waals surface area contributed by atoms with Crippen LogP contribution in [0.4, 0.5) is 9.52 Å². The lowest BCUT2D eigenvalue weighted by molar-refractivity contribution is 0.101. The molecule has 0 bridgehead atoms. The van der Waals surface area contributed by atoms with Crippen LogP contribution < -0.4 is 5.32 Å². The normalized spacial score (nSPS) is 11.0. The Morgan fingerprint density at radius 2 is 2.29 bits per heavy atom. The van der Waals surface area contributed by atoms with Crippen molar-refractivity contribution < 1.29 is 9.18 Å². The molecule has 0 atom stereocenters. The molecule has 0 saturated heterocycles. The molecule has 0 aliphatic heterocycles. The highest BCUT2D eigenvalue weighted by molar-refractivity contribution is 7.22. The van der Waals surface area contributed by atoms with Crippen molar-refractivity contribution in [2.45, 2.75) is 20.4 Å². The highest BCUT2D eigenvalue weighted by Gasteiger charge is 2.16. The third-order valence-corrected chi connectivity index (χ3v) is 3.96. The topological polar surface area (TPSA) is 59.8 Å². The lowest BCUT2D eigenvalue weighted by atomic mass is 10.3. The fraction of sp³-hybridized carbons (Fsp3) is 0.214. The first-order valence-electron chi connectivity index (χ1n) is 6.49. The summed E-state index contributed by atoms with van der Waals surface area (Å²) in [6, 6.07) is 6.46. The van der Waals surface area contributed by atoms with Crippen LogP contribution in [0.25, 0.3) is 10.2 Å². The Bertz CT molecular complexity index is 824. The molecule has 108 valence electrons. The first-order valence-corrected chi connectivity index (χ1v) is 7.31. The first-order chi connectivity index (χ1) is 10.1. The van der Waals surface area contributed by atoms with Gasteiger partial charge in [0, 0.05) is 6.54 Å². The average molecular weight is 304 g/mol. The van der Waals surface area contributed by atoms with E-state index in [1.807, 2.05) is 13.8 Å². The molecular formula is C14H13FN4OS. The number of halogens is 1. The molecule has 7 heteroatoms. The van der Waals surface area contributed by atoms with Crippen molar-refractivity contribution in [3.63, 3.8) is 0 Å². The van der Waals surface area contributed by atoms with Gasteiger partial charge in [0.25, 0.3) is 5.91 Å². The van der Waals surface area contributed by atoms with Gasteiger partial charge in [-0.15, -0.1) is 0 Å². The van der Waals surface area contributed by atoms with E-state index in [0.29, 0.717) is 22.1 Å². The van der Waals surface area contributed by atoms with Crippen LogP contribution >= 0.6 is 11.3 Å². The molecule has 0 aliphatic rings. The minimum Gasteiger partial charge on any atom is -0.296 e. The standard InChI is InChI=1S/C14H13FN4OS/c1-3-19-10(7-8(2)18-19)13(20)17-14-16-12-9(15)5-4-6-11(12)21-14/h4-7H,3H2,1-2H3,(H,16,17,20). The number of amides is 1. The van der Waals surface area contributed by atoms with Crippen molar-refractivity contribution in [2.24, 2.45) is 0 Å². The van der Waals surface area contributed by atoms with Crippen molar-refractivity contribution >= 4 is 32.6 Å². The van der Waals surface area contributed by atoms with Crippen LogP contribution in [-0.2, 0) is 6.54 Å². The Morgan fingerprint density at radius 3 is 3.00 bits per heavy atom. The van der Waals surface area contributed by atoms with E-state index in [0.717, 1.165) is 5.69 Å². The number of aromatic nitrogens is 3. The van der Waals surface area contributed by atoms with Crippen LogP contribution in [0.15, 0.2) is 24.3 Å². The first kappa shape index (κ1) is 13.7. The molecule has 1 N–H and O–H groups in total. The SMILES string of the molecule is CCn1nc(C)cc1C(=O)Nc1nc2c(F)cccc2s1. The number of rotatable bonds is 3. The second kappa shape index (κ2) is 5.25. The largest absolute Gasteiger partial charge is 0.296 e. The van der Waals surface area contributed by atoms with Gasteiger partial charge in [0.15, 0.2) is 5.13 Å². The van der Waals surface area contributed by atoms with Crippen molar-refractivity contribution in [3.8, 4) is 0 Å². The van der Waals surface area contributed by atoms with E-state index in [1.54, 1.807) is 22.9 Å². The lowest BCUT2D eigenvalue weighted by Crippen LogP contribution is -2.17. The van der Waals surface area contributed by atoms with E-state index in [1.165, 1.54) is 17.4 Å². The van der Waals surface area contributed by atoms with Crippen LogP contribution in [-0.4, -0.2) is 20.7 Å². The number of hydrogen-bond acceptors (Lipinski definition) is 4. The molecule has 0 radical (unpaired) electrons. The van der Waals surface area contributed by atoms with E-state index in [2.05, 4.69) is 15.4 Å². The van der Waals surface area contributed by atoms with Gasteiger partial charge in [0.05, 0.1) is 10.4 Å².